The van der Waals surface area contributed by atoms with E-state index in [1.54, 1.807) is 23.0 Å². The van der Waals surface area contributed by atoms with E-state index in [4.69, 9.17) is 23.2 Å². The Bertz CT molecular complexity index is 828. The molecule has 0 radical (unpaired) electrons. The van der Waals surface area contributed by atoms with Crippen molar-refractivity contribution in [2.45, 2.75) is 57.9 Å². The molecular weight excluding hydrogens is 397 g/mol. The average molecular weight is 420 g/mol. The zero-order valence-electron chi connectivity index (χ0n) is 15.1. The van der Waals surface area contributed by atoms with E-state index in [9.17, 15) is 8.42 Å². The summed E-state index contributed by atoms with van der Waals surface area (Å²) in [6.07, 6.45) is 1.67. The fourth-order valence-electron chi connectivity index (χ4n) is 2.05. The molecule has 7 nitrogen and oxygen atoms in total. The van der Waals surface area contributed by atoms with Crippen LogP contribution in [0.2, 0.25) is 10.0 Å². The Hall–Kier alpha value is -1.22. The molecule has 0 atom stereocenters. The summed E-state index contributed by atoms with van der Waals surface area (Å²) in [7, 11) is -2.94. The van der Waals surface area contributed by atoms with Crippen molar-refractivity contribution in [1.29, 1.82) is 0 Å². The van der Waals surface area contributed by atoms with Gasteiger partial charge < -0.3 is 0 Å². The van der Waals surface area contributed by atoms with Crippen LogP contribution >= 0.6 is 23.2 Å². The molecule has 0 saturated heterocycles. The Kier molecular flexibility index (Phi) is 7.01. The van der Waals surface area contributed by atoms with Crippen molar-refractivity contribution in [2.24, 2.45) is 0 Å². The third-order valence-corrected chi connectivity index (χ3v) is 5.96. The molecule has 0 aliphatic heterocycles. The predicted molar refractivity (Wildman–Crippen MR) is 104 cm³/mol. The van der Waals surface area contributed by atoms with Gasteiger partial charge in [-0.05, 0) is 63.9 Å². The zero-order chi connectivity index (χ0) is 19.5. The molecule has 1 saturated carbocycles. The van der Waals surface area contributed by atoms with Crippen LogP contribution < -0.4 is 4.72 Å². The number of sulfonamides is 1. The number of nitrogens with one attached hydrogen (secondary N) is 1. The van der Waals surface area contributed by atoms with E-state index in [-0.39, 0.29) is 17.3 Å². The third-order valence-electron chi connectivity index (χ3n) is 3.37. The lowest BCUT2D eigenvalue weighted by Crippen LogP contribution is -2.32. The number of tetrazole rings is 1. The monoisotopic (exact) mass is 419 g/mol. The maximum atomic E-state index is 11.1. The SMILES string of the molecule is CC(C)NS(=O)(=O)C1CC1.CC(C)n1nnc(-c2cc(Cl)cc(Cl)c2)n1. The largest absolute Gasteiger partial charge is 0.214 e. The quantitative estimate of drug-likeness (QED) is 0.797. The van der Waals surface area contributed by atoms with Crippen molar-refractivity contribution in [3.05, 3.63) is 28.2 Å². The standard InChI is InChI=1S/C10H10Cl2N4.C6H13NO2S/c1-6(2)16-14-10(13-15-16)7-3-8(11)5-9(12)4-7;1-5(2)7-10(8,9)6-3-4-6/h3-6H,1-2H3;5-7H,3-4H2,1-2H3. The first-order valence-electron chi connectivity index (χ1n) is 8.35. The molecule has 1 fully saturated rings. The van der Waals surface area contributed by atoms with Crippen molar-refractivity contribution in [2.75, 3.05) is 0 Å². The van der Waals surface area contributed by atoms with E-state index < -0.39 is 10.0 Å². The summed E-state index contributed by atoms with van der Waals surface area (Å²) in [5, 5.41) is 13.2. The Balaban J connectivity index is 0.000000209. The molecule has 3 rings (SSSR count). The Morgan fingerprint density at radius 1 is 1.12 bits per heavy atom. The Morgan fingerprint density at radius 3 is 2.12 bits per heavy atom. The van der Waals surface area contributed by atoms with Crippen LogP contribution in [-0.4, -0.2) is 39.9 Å². The van der Waals surface area contributed by atoms with Crippen LogP contribution in [-0.2, 0) is 10.0 Å². The lowest BCUT2D eigenvalue weighted by molar-refractivity contribution is 0.455. The molecule has 0 amide bonds. The molecular formula is C16H23Cl2N5O2S. The molecule has 1 aromatic heterocycles. The summed E-state index contributed by atoms with van der Waals surface area (Å²) in [5.41, 5.74) is 0.768. The molecule has 10 heteroatoms. The van der Waals surface area contributed by atoms with Gasteiger partial charge in [-0.3, -0.25) is 0 Å². The van der Waals surface area contributed by atoms with Gasteiger partial charge in [-0.1, -0.05) is 23.2 Å². The molecule has 1 N–H and O–H groups in total. The fourth-order valence-corrected chi connectivity index (χ4v) is 4.18. The van der Waals surface area contributed by atoms with Gasteiger partial charge in [0.25, 0.3) is 0 Å². The Morgan fingerprint density at radius 2 is 1.69 bits per heavy atom. The van der Waals surface area contributed by atoms with Gasteiger partial charge in [-0.15, -0.1) is 10.2 Å². The van der Waals surface area contributed by atoms with Crippen LogP contribution in [0.3, 0.4) is 0 Å². The molecule has 1 heterocycles. The molecule has 1 aromatic carbocycles. The third kappa shape index (κ3) is 6.19. The minimum atomic E-state index is -2.94. The lowest BCUT2D eigenvalue weighted by Gasteiger charge is -2.07. The first-order valence-corrected chi connectivity index (χ1v) is 10.7. The van der Waals surface area contributed by atoms with Gasteiger partial charge in [-0.25, -0.2) is 13.1 Å². The van der Waals surface area contributed by atoms with Gasteiger partial charge in [0.05, 0.1) is 11.3 Å². The van der Waals surface area contributed by atoms with Crippen LogP contribution in [0.25, 0.3) is 11.4 Å². The second kappa shape index (κ2) is 8.65. The summed E-state index contributed by atoms with van der Waals surface area (Å²) >= 11 is 11.8. The highest BCUT2D eigenvalue weighted by Gasteiger charge is 2.35. The minimum absolute atomic E-state index is 0.0330. The molecule has 2 aromatic rings. The number of hydrogen-bond acceptors (Lipinski definition) is 5. The average Bonchev–Trinajstić information content (AvgIpc) is 3.24. The molecule has 0 spiro atoms. The molecule has 144 valence electrons. The van der Waals surface area contributed by atoms with Crippen molar-refractivity contribution in [3.63, 3.8) is 0 Å². The van der Waals surface area contributed by atoms with Crippen LogP contribution in [0.4, 0.5) is 0 Å². The van der Waals surface area contributed by atoms with Gasteiger partial charge in [0, 0.05) is 21.7 Å². The van der Waals surface area contributed by atoms with E-state index >= 15 is 0 Å². The van der Waals surface area contributed by atoms with E-state index in [1.807, 2.05) is 27.7 Å². The topological polar surface area (TPSA) is 89.8 Å². The first-order chi connectivity index (χ1) is 12.1. The van der Waals surface area contributed by atoms with Gasteiger partial charge in [-0.2, -0.15) is 4.80 Å². The highest BCUT2D eigenvalue weighted by atomic mass is 35.5. The van der Waals surface area contributed by atoms with Crippen molar-refractivity contribution in [3.8, 4) is 11.4 Å². The number of aromatic nitrogens is 4. The number of hydrogen-bond donors (Lipinski definition) is 1. The summed E-state index contributed by atoms with van der Waals surface area (Å²) in [6.45, 7) is 7.63. The molecule has 1 aliphatic rings. The van der Waals surface area contributed by atoms with Gasteiger partial charge in [0.15, 0.2) is 0 Å². The van der Waals surface area contributed by atoms with Gasteiger partial charge in [0.2, 0.25) is 15.8 Å². The van der Waals surface area contributed by atoms with E-state index in [2.05, 4.69) is 20.1 Å². The number of benzene rings is 1. The fraction of sp³-hybridized carbons (Fsp3) is 0.562. The minimum Gasteiger partial charge on any atom is -0.212 e. The van der Waals surface area contributed by atoms with Crippen LogP contribution in [0.1, 0.15) is 46.6 Å². The van der Waals surface area contributed by atoms with Crippen LogP contribution in [0.15, 0.2) is 18.2 Å². The first kappa shape index (κ1) is 21.1. The zero-order valence-corrected chi connectivity index (χ0v) is 17.5. The lowest BCUT2D eigenvalue weighted by atomic mass is 10.2. The molecule has 0 unspecified atom stereocenters. The maximum Gasteiger partial charge on any atom is 0.214 e. The van der Waals surface area contributed by atoms with Crippen LogP contribution in [0.5, 0.6) is 0 Å². The summed E-state index contributed by atoms with van der Waals surface area (Å²) in [4.78, 5) is 1.55. The van der Waals surface area contributed by atoms with Crippen LogP contribution in [0, 0.1) is 0 Å². The van der Waals surface area contributed by atoms with Crippen molar-refractivity contribution >= 4 is 33.2 Å². The maximum absolute atomic E-state index is 11.1. The highest BCUT2D eigenvalue weighted by molar-refractivity contribution is 7.90. The van der Waals surface area contributed by atoms with E-state index in [0.717, 1.165) is 18.4 Å². The van der Waals surface area contributed by atoms with E-state index in [0.29, 0.717) is 15.9 Å². The predicted octanol–water partition coefficient (Wildman–Crippen LogP) is 3.70. The molecule has 0 bridgehead atoms. The molecule has 26 heavy (non-hydrogen) atoms. The highest BCUT2D eigenvalue weighted by Crippen LogP contribution is 2.27. The van der Waals surface area contributed by atoms with Gasteiger partial charge >= 0.3 is 0 Å². The second-order valence-electron chi connectivity index (χ2n) is 6.70. The molecule has 1 aliphatic carbocycles. The van der Waals surface area contributed by atoms with Gasteiger partial charge in [0.1, 0.15) is 0 Å². The normalized spacial score (nSPS) is 14.5. The Labute approximate surface area is 164 Å². The number of halogens is 2. The van der Waals surface area contributed by atoms with Crippen molar-refractivity contribution < 1.29 is 8.42 Å². The number of nitrogens with zero attached hydrogens (tertiary/aromatic N) is 4. The smallest absolute Gasteiger partial charge is 0.212 e. The summed E-state index contributed by atoms with van der Waals surface area (Å²) < 4.78 is 24.7. The van der Waals surface area contributed by atoms with Crippen molar-refractivity contribution in [1.82, 2.24) is 24.9 Å². The second-order valence-corrected chi connectivity index (χ2v) is 9.57. The number of rotatable bonds is 5. The summed E-state index contributed by atoms with van der Waals surface area (Å²) in [6, 6.07) is 5.39. The summed E-state index contributed by atoms with van der Waals surface area (Å²) in [5.74, 6) is 0.526. The van der Waals surface area contributed by atoms with E-state index in [1.165, 1.54) is 0 Å².